The summed E-state index contributed by atoms with van der Waals surface area (Å²) in [5, 5.41) is 3.57. The Hall–Kier alpha value is -0.800. The van der Waals surface area contributed by atoms with Gasteiger partial charge in [-0.1, -0.05) is 0 Å². The van der Waals surface area contributed by atoms with Gasteiger partial charge in [0.25, 0.3) is 0 Å². The SMILES string of the molecule is COCCNCC1(Cc2ccoc2)CC2CC2C1. The molecule has 1 N–H and O–H groups in total. The Morgan fingerprint density at radius 1 is 1.44 bits per heavy atom. The van der Waals surface area contributed by atoms with Crippen molar-refractivity contribution in [3.05, 3.63) is 24.2 Å². The van der Waals surface area contributed by atoms with Gasteiger partial charge >= 0.3 is 0 Å². The van der Waals surface area contributed by atoms with Crippen LogP contribution in [0.4, 0.5) is 0 Å². The van der Waals surface area contributed by atoms with Crippen molar-refractivity contribution < 1.29 is 9.15 Å². The molecule has 0 saturated heterocycles. The van der Waals surface area contributed by atoms with Crippen LogP contribution in [0.2, 0.25) is 0 Å². The number of ether oxygens (including phenoxy) is 1. The molecular formula is C15H23NO2. The van der Waals surface area contributed by atoms with Crippen LogP contribution < -0.4 is 5.32 Å². The van der Waals surface area contributed by atoms with Crippen molar-refractivity contribution >= 4 is 0 Å². The molecule has 0 radical (unpaired) electrons. The van der Waals surface area contributed by atoms with E-state index in [0.29, 0.717) is 5.41 Å². The van der Waals surface area contributed by atoms with Gasteiger partial charge in [0.1, 0.15) is 0 Å². The van der Waals surface area contributed by atoms with Crippen molar-refractivity contribution in [2.24, 2.45) is 17.3 Å². The van der Waals surface area contributed by atoms with Crippen LogP contribution in [-0.2, 0) is 11.2 Å². The van der Waals surface area contributed by atoms with Gasteiger partial charge in [-0.25, -0.2) is 0 Å². The minimum absolute atomic E-state index is 0.463. The van der Waals surface area contributed by atoms with Gasteiger partial charge < -0.3 is 14.5 Å². The van der Waals surface area contributed by atoms with E-state index < -0.39 is 0 Å². The molecule has 0 spiro atoms. The fourth-order valence-electron chi connectivity index (χ4n) is 3.71. The molecule has 2 unspecified atom stereocenters. The standard InChI is InChI=1S/C15H23NO2/c1-17-5-3-16-11-15(7-12-2-4-18-10-12)8-13-6-14(13)9-15/h2,4,10,13-14,16H,3,5-9,11H2,1H3. The first kappa shape index (κ1) is 12.2. The zero-order valence-corrected chi connectivity index (χ0v) is 11.2. The summed E-state index contributed by atoms with van der Waals surface area (Å²) < 4.78 is 10.3. The lowest BCUT2D eigenvalue weighted by Crippen LogP contribution is -2.36. The van der Waals surface area contributed by atoms with Gasteiger partial charge in [-0.2, -0.15) is 0 Å². The second-order valence-corrected chi connectivity index (χ2v) is 6.14. The molecule has 2 atom stereocenters. The predicted molar refractivity (Wildman–Crippen MR) is 70.4 cm³/mol. The quantitative estimate of drug-likeness (QED) is 0.754. The summed E-state index contributed by atoms with van der Waals surface area (Å²) in [6, 6.07) is 2.11. The number of rotatable bonds is 7. The summed E-state index contributed by atoms with van der Waals surface area (Å²) in [5.74, 6) is 2.03. The fraction of sp³-hybridized carbons (Fsp3) is 0.733. The predicted octanol–water partition coefficient (Wildman–Crippen LogP) is 2.47. The summed E-state index contributed by atoms with van der Waals surface area (Å²) in [4.78, 5) is 0. The van der Waals surface area contributed by atoms with Crippen molar-refractivity contribution in [2.75, 3.05) is 26.8 Å². The highest BCUT2D eigenvalue weighted by atomic mass is 16.5. The zero-order valence-electron chi connectivity index (χ0n) is 11.2. The van der Waals surface area contributed by atoms with Crippen molar-refractivity contribution in [1.82, 2.24) is 5.32 Å². The number of fused-ring (bicyclic) bond motifs is 1. The van der Waals surface area contributed by atoms with Gasteiger partial charge in [0, 0.05) is 20.2 Å². The van der Waals surface area contributed by atoms with Gasteiger partial charge in [-0.3, -0.25) is 0 Å². The number of furan rings is 1. The van der Waals surface area contributed by atoms with Crippen molar-refractivity contribution in [3.63, 3.8) is 0 Å². The molecule has 100 valence electrons. The van der Waals surface area contributed by atoms with E-state index in [0.717, 1.165) is 38.0 Å². The minimum Gasteiger partial charge on any atom is -0.472 e. The molecule has 3 heteroatoms. The van der Waals surface area contributed by atoms with Crippen molar-refractivity contribution in [3.8, 4) is 0 Å². The zero-order chi connectivity index (χ0) is 12.4. The Morgan fingerprint density at radius 2 is 2.28 bits per heavy atom. The van der Waals surface area contributed by atoms with E-state index in [1.54, 1.807) is 13.4 Å². The maximum Gasteiger partial charge on any atom is 0.0934 e. The molecule has 1 aromatic heterocycles. The highest BCUT2D eigenvalue weighted by molar-refractivity contribution is 5.14. The average molecular weight is 249 g/mol. The van der Waals surface area contributed by atoms with Crippen LogP contribution in [0.5, 0.6) is 0 Å². The Labute approximate surface area is 109 Å². The third kappa shape index (κ3) is 2.62. The van der Waals surface area contributed by atoms with Crippen LogP contribution in [0, 0.1) is 17.3 Å². The van der Waals surface area contributed by atoms with Crippen molar-refractivity contribution in [2.45, 2.75) is 25.7 Å². The lowest BCUT2D eigenvalue weighted by Gasteiger charge is -2.31. The molecule has 0 aromatic carbocycles. The molecule has 0 bridgehead atoms. The van der Waals surface area contributed by atoms with E-state index in [-0.39, 0.29) is 0 Å². The van der Waals surface area contributed by atoms with E-state index in [1.807, 2.05) is 6.26 Å². The van der Waals surface area contributed by atoms with E-state index >= 15 is 0 Å². The normalized spacial score (nSPS) is 33.6. The average Bonchev–Trinajstić information content (AvgIpc) is 2.81. The smallest absolute Gasteiger partial charge is 0.0934 e. The lowest BCUT2D eigenvalue weighted by molar-refractivity contribution is 0.186. The summed E-state index contributed by atoms with van der Waals surface area (Å²) in [7, 11) is 1.76. The molecule has 3 rings (SSSR count). The van der Waals surface area contributed by atoms with E-state index in [2.05, 4.69) is 11.4 Å². The van der Waals surface area contributed by atoms with Crippen LogP contribution in [0.15, 0.2) is 23.0 Å². The third-order valence-electron chi connectivity index (χ3n) is 4.60. The molecule has 1 heterocycles. The monoisotopic (exact) mass is 249 g/mol. The number of hydrogen-bond acceptors (Lipinski definition) is 3. The molecule has 0 aliphatic heterocycles. The second-order valence-electron chi connectivity index (χ2n) is 6.14. The first-order valence-corrected chi connectivity index (χ1v) is 7.02. The van der Waals surface area contributed by atoms with Gasteiger partial charge in [0.05, 0.1) is 19.1 Å². The largest absolute Gasteiger partial charge is 0.472 e. The second kappa shape index (κ2) is 5.06. The molecule has 1 aromatic rings. The third-order valence-corrected chi connectivity index (χ3v) is 4.60. The Morgan fingerprint density at radius 3 is 2.94 bits per heavy atom. The van der Waals surface area contributed by atoms with Gasteiger partial charge in [0.2, 0.25) is 0 Å². The molecule has 2 fully saturated rings. The highest BCUT2D eigenvalue weighted by Crippen LogP contribution is 2.60. The van der Waals surface area contributed by atoms with E-state index in [9.17, 15) is 0 Å². The van der Waals surface area contributed by atoms with Gasteiger partial charge in [0.15, 0.2) is 0 Å². The van der Waals surface area contributed by atoms with Crippen LogP contribution >= 0.6 is 0 Å². The minimum atomic E-state index is 0.463. The Kier molecular flexibility index (Phi) is 3.44. The van der Waals surface area contributed by atoms with Crippen molar-refractivity contribution in [1.29, 1.82) is 0 Å². The van der Waals surface area contributed by atoms with Crippen LogP contribution in [-0.4, -0.2) is 26.8 Å². The Balaban J connectivity index is 1.58. The Bertz CT molecular complexity index is 364. The number of methoxy groups -OCH3 is 1. The summed E-state index contributed by atoms with van der Waals surface area (Å²) in [6.45, 7) is 2.88. The molecule has 3 nitrogen and oxygen atoms in total. The van der Waals surface area contributed by atoms with Gasteiger partial charge in [-0.05, 0) is 54.6 Å². The molecular weight excluding hydrogens is 226 g/mol. The maximum absolute atomic E-state index is 5.21. The maximum atomic E-state index is 5.21. The summed E-state index contributed by atoms with van der Waals surface area (Å²) >= 11 is 0. The molecule has 2 saturated carbocycles. The molecule has 18 heavy (non-hydrogen) atoms. The molecule has 0 amide bonds. The first-order chi connectivity index (χ1) is 8.81. The fourth-order valence-corrected chi connectivity index (χ4v) is 3.71. The summed E-state index contributed by atoms with van der Waals surface area (Å²) in [5.41, 5.74) is 1.82. The van der Waals surface area contributed by atoms with E-state index in [4.69, 9.17) is 9.15 Å². The highest BCUT2D eigenvalue weighted by Gasteiger charge is 2.53. The van der Waals surface area contributed by atoms with Gasteiger partial charge in [-0.15, -0.1) is 0 Å². The van der Waals surface area contributed by atoms with E-state index in [1.165, 1.54) is 24.8 Å². The molecule has 2 aliphatic carbocycles. The van der Waals surface area contributed by atoms with Crippen LogP contribution in [0.25, 0.3) is 0 Å². The summed E-state index contributed by atoms with van der Waals surface area (Å²) in [6.07, 6.45) is 9.12. The van der Waals surface area contributed by atoms with Crippen LogP contribution in [0.1, 0.15) is 24.8 Å². The van der Waals surface area contributed by atoms with Crippen LogP contribution in [0.3, 0.4) is 0 Å². The lowest BCUT2D eigenvalue weighted by atomic mass is 9.78. The number of nitrogens with one attached hydrogen (secondary N) is 1. The first-order valence-electron chi connectivity index (χ1n) is 7.02. The topological polar surface area (TPSA) is 34.4 Å². The number of hydrogen-bond donors (Lipinski definition) is 1. The molecule has 2 aliphatic rings.